The molecule has 11 heavy (non-hydrogen) atoms. The Morgan fingerprint density at radius 3 is 1.00 bits per heavy atom. The normalized spacial score (nSPS) is 2.91. The van der Waals surface area contributed by atoms with Crippen molar-refractivity contribution in [3.63, 3.8) is 0 Å². The second-order valence-corrected chi connectivity index (χ2v) is 0.594. The maximum absolute atomic E-state index is 8.50. The van der Waals surface area contributed by atoms with Gasteiger partial charge in [0.05, 0.1) is 0 Å². The molecule has 0 aromatic heterocycles. The summed E-state index contributed by atoms with van der Waals surface area (Å²) in [5.41, 5.74) is 0. The zero-order valence-corrected chi connectivity index (χ0v) is 9.02. The van der Waals surface area contributed by atoms with Gasteiger partial charge < -0.3 is 31.4 Å². The van der Waals surface area contributed by atoms with Crippen molar-refractivity contribution in [1.82, 2.24) is 0 Å². The summed E-state index contributed by atoms with van der Waals surface area (Å²) in [5.74, 6) is 0. The third-order valence-electron chi connectivity index (χ3n) is 0. The number of carboxylic acid groups (broad SMARTS) is 2. The molecule has 6 N–H and O–H groups in total. The number of hydrogen-bond donors (Lipinski definition) is 0. The van der Waals surface area contributed by atoms with Crippen LogP contribution in [0.2, 0.25) is 0 Å². The molecule has 0 aromatic rings. The van der Waals surface area contributed by atoms with E-state index in [0.29, 0.717) is 0 Å². The van der Waals surface area contributed by atoms with Crippen LogP contribution in [-0.2, 0) is 25.7 Å². The number of carbonyl (C=O) groups is 1. The molecule has 0 aromatic carbocycles. The van der Waals surface area contributed by atoms with Gasteiger partial charge in [-0.05, 0) is 6.16 Å². The molecule has 10 heteroatoms. The maximum atomic E-state index is 8.50. The fraction of sp³-hybridized carbons (Fsp3) is 0. The third kappa shape index (κ3) is 1560. The summed E-state index contributed by atoms with van der Waals surface area (Å²) in [5, 5.41) is 16.7. The first-order valence-electron chi connectivity index (χ1n) is 1.02. The van der Waals surface area contributed by atoms with Gasteiger partial charge in [-0.1, -0.05) is 0 Å². The van der Waals surface area contributed by atoms with E-state index in [2.05, 4.69) is 0 Å². The van der Waals surface area contributed by atoms with Crippen molar-refractivity contribution >= 4 is 43.9 Å². The molecule has 0 saturated heterocycles. The molecular formula is CH6CaO8Ti. The summed E-state index contributed by atoms with van der Waals surface area (Å²) in [7, 11) is 0. The van der Waals surface area contributed by atoms with E-state index in [1.807, 2.05) is 0 Å². The molecule has 8 nitrogen and oxygen atoms in total. The van der Waals surface area contributed by atoms with E-state index in [-0.39, 0.29) is 54.2 Å². The van der Waals surface area contributed by atoms with Crippen molar-refractivity contribution < 1.29 is 57.2 Å². The minimum absolute atomic E-state index is 0. The first kappa shape index (κ1) is 41.2. The first-order chi connectivity index (χ1) is 3.15. The molecule has 0 atom stereocenters. The molecule has 0 aliphatic heterocycles. The molecule has 0 bridgehead atoms. The SMILES string of the molecule is O.O.O.O=C([O-])[O-].[Ca+2].[O]=[Ti]=[O]. The molecular weight excluding hydrogens is 228 g/mol. The second kappa shape index (κ2) is 45.4. The van der Waals surface area contributed by atoms with Gasteiger partial charge >= 0.3 is 63.5 Å². The van der Waals surface area contributed by atoms with Crippen LogP contribution in [0.15, 0.2) is 0 Å². The molecule has 0 spiro atoms. The van der Waals surface area contributed by atoms with E-state index in [0.717, 1.165) is 0 Å². The second-order valence-electron chi connectivity index (χ2n) is 0.333. The van der Waals surface area contributed by atoms with Gasteiger partial charge in [-0.15, -0.1) is 0 Å². The van der Waals surface area contributed by atoms with E-state index >= 15 is 0 Å². The molecule has 0 aliphatic carbocycles. The molecule has 0 amide bonds. The van der Waals surface area contributed by atoms with Crippen LogP contribution >= 0.6 is 0 Å². The zero-order valence-electron chi connectivity index (χ0n) is 5.25. The van der Waals surface area contributed by atoms with Gasteiger partial charge in [-0.2, -0.15) is 0 Å². The number of hydrogen-bond acceptors (Lipinski definition) is 5. The molecule has 0 radical (unpaired) electrons. The van der Waals surface area contributed by atoms with Crippen molar-refractivity contribution in [1.29, 1.82) is 0 Å². The van der Waals surface area contributed by atoms with Crippen LogP contribution in [0.3, 0.4) is 0 Å². The van der Waals surface area contributed by atoms with Gasteiger partial charge in [0, 0.05) is 0 Å². The van der Waals surface area contributed by atoms with E-state index < -0.39 is 25.2 Å². The molecule has 0 heterocycles. The Bertz CT molecular complexity index is 82.1. The van der Waals surface area contributed by atoms with Crippen molar-refractivity contribution in [3.8, 4) is 0 Å². The summed E-state index contributed by atoms with van der Waals surface area (Å²) in [6, 6.07) is 0. The van der Waals surface area contributed by atoms with Gasteiger partial charge in [0.15, 0.2) is 0 Å². The van der Waals surface area contributed by atoms with E-state index in [1.165, 1.54) is 0 Å². The monoisotopic (exact) mass is 234 g/mol. The van der Waals surface area contributed by atoms with Crippen molar-refractivity contribution in [2.24, 2.45) is 0 Å². The fourth-order valence-corrected chi connectivity index (χ4v) is 0. The Balaban J connectivity index is -0.00000000848. The Labute approximate surface area is 100 Å². The summed E-state index contributed by atoms with van der Waals surface area (Å²) in [4.78, 5) is 8.33. The minimum atomic E-state index is -2.33. The van der Waals surface area contributed by atoms with Crippen LogP contribution in [0.5, 0.6) is 0 Å². The number of rotatable bonds is 0. The van der Waals surface area contributed by atoms with Gasteiger partial charge in [-0.25, -0.2) is 0 Å². The molecule has 0 unspecified atom stereocenters. The average Bonchev–Trinajstić information content (AvgIpc) is 1.33. The zero-order chi connectivity index (χ0) is 6.28. The van der Waals surface area contributed by atoms with Crippen molar-refractivity contribution in [3.05, 3.63) is 0 Å². The Morgan fingerprint density at radius 1 is 1.00 bits per heavy atom. The van der Waals surface area contributed by atoms with Crippen molar-refractivity contribution in [2.75, 3.05) is 0 Å². The van der Waals surface area contributed by atoms with Crippen LogP contribution < -0.4 is 10.2 Å². The van der Waals surface area contributed by atoms with Crippen LogP contribution in [-0.4, -0.2) is 60.3 Å². The van der Waals surface area contributed by atoms with Crippen LogP contribution in [0.1, 0.15) is 0 Å². The van der Waals surface area contributed by atoms with Crippen LogP contribution in [0, 0.1) is 0 Å². The molecule has 0 saturated carbocycles. The first-order valence-corrected chi connectivity index (χ1v) is 2.30. The standard InChI is InChI=1S/CH2O3.Ca.3H2O.2O.Ti/c2-1(3)4;;;;;;;/h(H2,2,3,4);;3*1H2;;;/q;+2;;;;;;/p-2. The summed E-state index contributed by atoms with van der Waals surface area (Å²) in [6.45, 7) is 0. The molecule has 64 valence electrons. The van der Waals surface area contributed by atoms with E-state index in [1.54, 1.807) is 0 Å². The Morgan fingerprint density at radius 2 is 1.00 bits per heavy atom. The van der Waals surface area contributed by atoms with E-state index in [4.69, 9.17) is 21.7 Å². The summed E-state index contributed by atoms with van der Waals surface area (Å²) in [6.07, 6.45) is -2.33. The van der Waals surface area contributed by atoms with Gasteiger partial charge in [0.25, 0.3) is 0 Å². The molecule has 0 fully saturated rings. The fourth-order valence-electron chi connectivity index (χ4n) is 0. The number of carbonyl (C=O) groups excluding carboxylic acids is 1. The van der Waals surface area contributed by atoms with Gasteiger partial charge in [-0.3, -0.25) is 0 Å². The quantitative estimate of drug-likeness (QED) is 0.376. The van der Waals surface area contributed by atoms with Gasteiger partial charge in [0.2, 0.25) is 0 Å². The summed E-state index contributed by atoms with van der Waals surface area (Å²) >= 11 is -2.00. The topological polar surface area (TPSA) is 192 Å². The van der Waals surface area contributed by atoms with Crippen molar-refractivity contribution in [2.45, 2.75) is 0 Å². The Kier molecular flexibility index (Phi) is 170. The Hall–Kier alpha value is 0.724. The van der Waals surface area contributed by atoms with Crippen LogP contribution in [0.25, 0.3) is 0 Å². The average molecular weight is 234 g/mol. The van der Waals surface area contributed by atoms with E-state index in [9.17, 15) is 0 Å². The third-order valence-corrected chi connectivity index (χ3v) is 0. The molecule has 0 aliphatic rings. The van der Waals surface area contributed by atoms with Gasteiger partial charge in [0.1, 0.15) is 0 Å². The summed E-state index contributed by atoms with van der Waals surface area (Å²) < 4.78 is 17.0. The molecule has 0 rings (SSSR count). The van der Waals surface area contributed by atoms with Crippen LogP contribution in [0.4, 0.5) is 4.79 Å². The predicted octanol–water partition coefficient (Wildman–Crippen LogP) is -5.54. The predicted molar refractivity (Wildman–Crippen MR) is 23.4 cm³/mol.